The molecule has 0 saturated heterocycles. The summed E-state index contributed by atoms with van der Waals surface area (Å²) in [6, 6.07) is 46.0. The predicted octanol–water partition coefficient (Wildman–Crippen LogP) is 11.0. The van der Waals surface area contributed by atoms with Crippen LogP contribution in [0, 0.1) is 0 Å². The minimum atomic E-state index is 0.425. The molecule has 0 amide bonds. The van der Waals surface area contributed by atoms with E-state index in [9.17, 15) is 0 Å². The summed E-state index contributed by atoms with van der Waals surface area (Å²) in [5, 5.41) is 1.19. The van der Waals surface area contributed by atoms with Gasteiger partial charge in [0.2, 0.25) is 0 Å². The Morgan fingerprint density at radius 3 is 2.26 bits per heavy atom. The summed E-state index contributed by atoms with van der Waals surface area (Å²) in [6.45, 7) is 2.18. The number of anilines is 3. The number of nitrogens with zero attached hydrogens (tertiary/aromatic N) is 2. The van der Waals surface area contributed by atoms with Crippen LogP contribution in [0.2, 0.25) is 0 Å². The Hall–Kier alpha value is -5.21. The first-order valence-corrected chi connectivity index (χ1v) is 14.7. The van der Waals surface area contributed by atoms with Crippen LogP contribution in [0.25, 0.3) is 44.4 Å². The molecule has 0 spiro atoms. The Morgan fingerprint density at radius 1 is 0.643 bits per heavy atom. The number of hydrogen-bond donors (Lipinski definition) is 0. The maximum atomic E-state index is 5.14. The standard InChI is InChI=1S/C40H30N2/c1-27-11-7-14-29(23-27)30-15-8-16-31(24-30)32-17-9-18-33(25-32)42-38-21-6-5-19-34(38)35-26-37(28-12-3-2-4-13-28)41-36-20-10-22-39(42)40(35)36/h2-13,15-26,29H,14H2,1H3. The van der Waals surface area contributed by atoms with Crippen LogP contribution < -0.4 is 4.90 Å². The lowest BCUT2D eigenvalue weighted by Crippen LogP contribution is -2.15. The summed E-state index contributed by atoms with van der Waals surface area (Å²) < 4.78 is 0. The second kappa shape index (κ2) is 10.0. The van der Waals surface area contributed by atoms with Gasteiger partial charge in [0.05, 0.1) is 22.6 Å². The van der Waals surface area contributed by atoms with Gasteiger partial charge < -0.3 is 4.90 Å². The van der Waals surface area contributed by atoms with Gasteiger partial charge >= 0.3 is 0 Å². The molecule has 1 unspecified atom stereocenters. The number of hydrogen-bond acceptors (Lipinski definition) is 2. The molecule has 2 heterocycles. The average Bonchev–Trinajstić information content (AvgIpc) is 3.05. The van der Waals surface area contributed by atoms with Crippen LogP contribution in [0.4, 0.5) is 17.1 Å². The molecule has 8 rings (SSSR count). The molecular weight excluding hydrogens is 508 g/mol. The summed E-state index contributed by atoms with van der Waals surface area (Å²) in [5.41, 5.74) is 14.2. The third kappa shape index (κ3) is 4.15. The van der Waals surface area contributed by atoms with E-state index in [0.29, 0.717) is 5.92 Å². The first-order valence-electron chi connectivity index (χ1n) is 14.7. The van der Waals surface area contributed by atoms with E-state index in [-0.39, 0.29) is 0 Å². The van der Waals surface area contributed by atoms with Crippen LogP contribution in [0.1, 0.15) is 24.8 Å². The third-order valence-corrected chi connectivity index (χ3v) is 8.54. The van der Waals surface area contributed by atoms with Crippen molar-refractivity contribution in [1.29, 1.82) is 0 Å². The van der Waals surface area contributed by atoms with Gasteiger partial charge in [-0.25, -0.2) is 4.98 Å². The second-order valence-corrected chi connectivity index (χ2v) is 11.3. The highest BCUT2D eigenvalue weighted by molar-refractivity contribution is 6.13. The molecule has 5 aromatic carbocycles. The fourth-order valence-corrected chi connectivity index (χ4v) is 6.58. The highest BCUT2D eigenvalue weighted by Gasteiger charge is 2.27. The third-order valence-electron chi connectivity index (χ3n) is 8.54. The Balaban J connectivity index is 1.27. The zero-order chi connectivity index (χ0) is 28.0. The molecule has 42 heavy (non-hydrogen) atoms. The lowest BCUT2D eigenvalue weighted by molar-refractivity contribution is 0.844. The molecule has 0 radical (unpaired) electrons. The number of allylic oxidation sites excluding steroid dienone is 4. The zero-order valence-corrected chi connectivity index (χ0v) is 23.5. The summed E-state index contributed by atoms with van der Waals surface area (Å²) in [7, 11) is 0. The topological polar surface area (TPSA) is 16.1 Å². The zero-order valence-electron chi connectivity index (χ0n) is 23.5. The molecule has 200 valence electrons. The van der Waals surface area contributed by atoms with Gasteiger partial charge in [-0.2, -0.15) is 0 Å². The molecule has 1 aromatic heterocycles. The van der Waals surface area contributed by atoms with Crippen molar-refractivity contribution in [2.75, 3.05) is 4.90 Å². The first kappa shape index (κ1) is 24.6. The molecule has 2 heteroatoms. The lowest BCUT2D eigenvalue weighted by atomic mass is 9.88. The minimum absolute atomic E-state index is 0.425. The van der Waals surface area contributed by atoms with E-state index in [0.717, 1.165) is 34.6 Å². The van der Waals surface area contributed by atoms with E-state index in [2.05, 4.69) is 157 Å². The van der Waals surface area contributed by atoms with Gasteiger partial charge in [-0.1, -0.05) is 115 Å². The maximum Gasteiger partial charge on any atom is 0.0736 e. The van der Waals surface area contributed by atoms with Crippen molar-refractivity contribution in [2.24, 2.45) is 0 Å². The molecule has 1 atom stereocenters. The normalized spacial score (nSPS) is 15.4. The van der Waals surface area contributed by atoms with Crippen LogP contribution in [0.5, 0.6) is 0 Å². The number of benzene rings is 5. The Labute approximate surface area is 246 Å². The molecular formula is C40H30N2. The fourth-order valence-electron chi connectivity index (χ4n) is 6.58. The number of aromatic nitrogens is 1. The predicted molar refractivity (Wildman–Crippen MR) is 177 cm³/mol. The summed E-state index contributed by atoms with van der Waals surface area (Å²) in [6.07, 6.45) is 7.94. The Kier molecular flexibility index (Phi) is 5.86. The van der Waals surface area contributed by atoms with Crippen LogP contribution in [0.3, 0.4) is 0 Å². The molecule has 1 aliphatic carbocycles. The minimum Gasteiger partial charge on any atom is -0.309 e. The van der Waals surface area contributed by atoms with E-state index in [4.69, 9.17) is 4.98 Å². The van der Waals surface area contributed by atoms with E-state index in [1.165, 1.54) is 44.5 Å². The van der Waals surface area contributed by atoms with Crippen LogP contribution in [-0.4, -0.2) is 4.98 Å². The van der Waals surface area contributed by atoms with Gasteiger partial charge in [0.1, 0.15) is 0 Å². The van der Waals surface area contributed by atoms with E-state index in [1.54, 1.807) is 0 Å². The molecule has 6 aromatic rings. The van der Waals surface area contributed by atoms with Crippen LogP contribution >= 0.6 is 0 Å². The van der Waals surface area contributed by atoms with Gasteiger partial charge in [-0.15, -0.1) is 0 Å². The van der Waals surface area contributed by atoms with Crippen LogP contribution in [0.15, 0.2) is 151 Å². The highest BCUT2D eigenvalue weighted by Crippen LogP contribution is 2.51. The highest BCUT2D eigenvalue weighted by atomic mass is 15.2. The number of para-hydroxylation sites is 1. The van der Waals surface area contributed by atoms with Gasteiger partial charge in [0, 0.05) is 28.1 Å². The Bertz CT molecular complexity index is 2030. The Morgan fingerprint density at radius 2 is 1.38 bits per heavy atom. The van der Waals surface area contributed by atoms with E-state index < -0.39 is 0 Å². The van der Waals surface area contributed by atoms with Crippen molar-refractivity contribution in [2.45, 2.75) is 19.3 Å². The van der Waals surface area contributed by atoms with Crippen LogP contribution in [-0.2, 0) is 0 Å². The van der Waals surface area contributed by atoms with Crippen molar-refractivity contribution in [3.05, 3.63) is 157 Å². The smallest absolute Gasteiger partial charge is 0.0736 e. The van der Waals surface area contributed by atoms with Crippen molar-refractivity contribution >= 4 is 28.0 Å². The number of fused-ring (bicyclic) bond motifs is 2. The molecule has 2 aliphatic rings. The van der Waals surface area contributed by atoms with E-state index >= 15 is 0 Å². The number of rotatable bonds is 4. The van der Waals surface area contributed by atoms with Crippen molar-refractivity contribution in [1.82, 2.24) is 4.98 Å². The average molecular weight is 539 g/mol. The molecule has 1 aliphatic heterocycles. The van der Waals surface area contributed by atoms with Crippen molar-refractivity contribution in [3.8, 4) is 33.5 Å². The van der Waals surface area contributed by atoms with Crippen molar-refractivity contribution in [3.63, 3.8) is 0 Å². The monoisotopic (exact) mass is 538 g/mol. The molecule has 0 fully saturated rings. The summed E-state index contributed by atoms with van der Waals surface area (Å²) >= 11 is 0. The lowest BCUT2D eigenvalue weighted by Gasteiger charge is -2.33. The molecule has 0 bridgehead atoms. The van der Waals surface area contributed by atoms with Gasteiger partial charge in [0.25, 0.3) is 0 Å². The van der Waals surface area contributed by atoms with Gasteiger partial charge in [-0.3, -0.25) is 0 Å². The SMILES string of the molecule is CC1=CC(c2cccc(-c3cccc(N4c5ccccc5-c5cc(-c6ccccc6)nc6cccc4c56)c3)c2)CC=C1. The quantitative estimate of drug-likeness (QED) is 0.222. The van der Waals surface area contributed by atoms with Gasteiger partial charge in [0.15, 0.2) is 0 Å². The number of pyridine rings is 1. The molecule has 0 N–H and O–H groups in total. The largest absolute Gasteiger partial charge is 0.309 e. The van der Waals surface area contributed by atoms with E-state index in [1.807, 2.05) is 0 Å². The van der Waals surface area contributed by atoms with Gasteiger partial charge in [-0.05, 0) is 72.0 Å². The second-order valence-electron chi connectivity index (χ2n) is 11.3. The fraction of sp³-hybridized carbons (Fsp3) is 0.0750. The molecule has 2 nitrogen and oxygen atoms in total. The molecule has 0 saturated carbocycles. The van der Waals surface area contributed by atoms with Crippen molar-refractivity contribution < 1.29 is 0 Å². The summed E-state index contributed by atoms with van der Waals surface area (Å²) in [5.74, 6) is 0.425. The first-order chi connectivity index (χ1) is 20.7. The summed E-state index contributed by atoms with van der Waals surface area (Å²) in [4.78, 5) is 7.54. The maximum absolute atomic E-state index is 5.14.